The van der Waals surface area contributed by atoms with E-state index in [1.54, 1.807) is 31.4 Å². The molecule has 0 fully saturated rings. The number of nitrogens with zero attached hydrogens (tertiary/aromatic N) is 1. The first-order chi connectivity index (χ1) is 9.74. The first-order valence-electron chi connectivity index (χ1n) is 6.36. The second-order valence-electron chi connectivity index (χ2n) is 4.45. The molecule has 2 aromatic rings. The van der Waals surface area contributed by atoms with Gasteiger partial charge in [-0.25, -0.2) is 0 Å². The van der Waals surface area contributed by atoms with E-state index in [9.17, 15) is 10.1 Å². The Morgan fingerprint density at radius 2 is 1.80 bits per heavy atom. The molecule has 0 bridgehead atoms. The summed E-state index contributed by atoms with van der Waals surface area (Å²) >= 11 is 0. The Morgan fingerprint density at radius 1 is 1.15 bits per heavy atom. The highest BCUT2D eigenvalue weighted by Gasteiger charge is 2.16. The van der Waals surface area contributed by atoms with Crippen LogP contribution in [-0.4, -0.2) is 12.9 Å². The minimum Gasteiger partial charge on any atom is -0.497 e. The summed E-state index contributed by atoms with van der Waals surface area (Å²) in [5, 5.41) is 9.24. The van der Waals surface area contributed by atoms with Crippen molar-refractivity contribution in [3.05, 3.63) is 65.7 Å². The summed E-state index contributed by atoms with van der Waals surface area (Å²) in [5.74, 6) is 0.260. The SMILES string of the molecule is COc1ccc(C(=O)CC(C#N)c2ccccc2)cc1. The third-order valence-electron chi connectivity index (χ3n) is 3.16. The van der Waals surface area contributed by atoms with E-state index >= 15 is 0 Å². The van der Waals surface area contributed by atoms with Crippen molar-refractivity contribution in [2.75, 3.05) is 7.11 Å². The summed E-state index contributed by atoms with van der Waals surface area (Å²) in [7, 11) is 1.58. The first-order valence-corrected chi connectivity index (χ1v) is 6.36. The molecule has 0 radical (unpaired) electrons. The molecule has 1 unspecified atom stereocenters. The summed E-state index contributed by atoms with van der Waals surface area (Å²) in [4.78, 5) is 12.2. The van der Waals surface area contributed by atoms with E-state index < -0.39 is 5.92 Å². The van der Waals surface area contributed by atoms with Crippen LogP contribution >= 0.6 is 0 Å². The number of hydrogen-bond donors (Lipinski definition) is 0. The van der Waals surface area contributed by atoms with Gasteiger partial charge in [-0.3, -0.25) is 4.79 Å². The lowest BCUT2D eigenvalue weighted by Crippen LogP contribution is -2.06. The number of carbonyl (C=O) groups is 1. The molecule has 2 rings (SSSR count). The highest BCUT2D eigenvalue weighted by atomic mass is 16.5. The first kappa shape index (κ1) is 13.8. The van der Waals surface area contributed by atoms with Gasteiger partial charge in [0.2, 0.25) is 0 Å². The maximum Gasteiger partial charge on any atom is 0.164 e. The molecule has 0 aliphatic heterocycles. The van der Waals surface area contributed by atoms with Gasteiger partial charge >= 0.3 is 0 Å². The van der Waals surface area contributed by atoms with Crippen molar-refractivity contribution in [3.63, 3.8) is 0 Å². The molecule has 0 spiro atoms. The van der Waals surface area contributed by atoms with E-state index in [2.05, 4.69) is 6.07 Å². The van der Waals surface area contributed by atoms with Gasteiger partial charge in [0.25, 0.3) is 0 Å². The number of ketones is 1. The molecule has 0 saturated carbocycles. The number of nitriles is 1. The van der Waals surface area contributed by atoms with Crippen LogP contribution in [0, 0.1) is 11.3 Å². The number of ether oxygens (including phenoxy) is 1. The normalized spacial score (nSPS) is 11.4. The average Bonchev–Trinajstić information content (AvgIpc) is 2.53. The molecule has 3 heteroatoms. The number of rotatable bonds is 5. The van der Waals surface area contributed by atoms with Crippen molar-refractivity contribution in [1.29, 1.82) is 5.26 Å². The fourth-order valence-electron chi connectivity index (χ4n) is 2.00. The van der Waals surface area contributed by atoms with Crippen molar-refractivity contribution in [2.45, 2.75) is 12.3 Å². The minimum atomic E-state index is -0.411. The molecule has 2 aromatic carbocycles. The van der Waals surface area contributed by atoms with Gasteiger partial charge in [-0.05, 0) is 29.8 Å². The highest BCUT2D eigenvalue weighted by molar-refractivity contribution is 5.96. The second-order valence-corrected chi connectivity index (χ2v) is 4.45. The molecule has 0 heterocycles. The average molecular weight is 265 g/mol. The van der Waals surface area contributed by atoms with Gasteiger partial charge in [-0.2, -0.15) is 5.26 Å². The third-order valence-corrected chi connectivity index (χ3v) is 3.16. The zero-order valence-corrected chi connectivity index (χ0v) is 11.2. The molecule has 0 saturated heterocycles. The van der Waals surface area contributed by atoms with Crippen LogP contribution in [0.1, 0.15) is 28.3 Å². The van der Waals surface area contributed by atoms with Gasteiger partial charge in [0, 0.05) is 12.0 Å². The van der Waals surface area contributed by atoms with E-state index in [4.69, 9.17) is 4.74 Å². The van der Waals surface area contributed by atoms with Crippen LogP contribution in [0.5, 0.6) is 5.75 Å². The number of benzene rings is 2. The molecule has 1 atom stereocenters. The summed E-state index contributed by atoms with van der Waals surface area (Å²) < 4.78 is 5.06. The van der Waals surface area contributed by atoms with Crippen LogP contribution in [0.2, 0.25) is 0 Å². The lowest BCUT2D eigenvalue weighted by atomic mass is 9.93. The minimum absolute atomic E-state index is 0.0388. The molecule has 0 amide bonds. The summed E-state index contributed by atoms with van der Waals surface area (Å²) in [5.41, 5.74) is 1.47. The van der Waals surface area contributed by atoms with Gasteiger partial charge < -0.3 is 4.74 Å². The Balaban J connectivity index is 2.11. The predicted molar refractivity (Wildman–Crippen MR) is 76.7 cm³/mol. The van der Waals surface area contributed by atoms with Gasteiger partial charge in [-0.15, -0.1) is 0 Å². The maximum absolute atomic E-state index is 12.2. The molecule has 20 heavy (non-hydrogen) atoms. The lowest BCUT2D eigenvalue weighted by Gasteiger charge is -2.09. The summed E-state index contributed by atoms with van der Waals surface area (Å²) in [6.07, 6.45) is 0.187. The summed E-state index contributed by atoms with van der Waals surface area (Å²) in [6, 6.07) is 18.5. The molecule has 0 aliphatic carbocycles. The molecule has 100 valence electrons. The number of Topliss-reactive ketones (excluding diaryl/α,β-unsaturated/α-hetero) is 1. The van der Waals surface area contributed by atoms with Gasteiger partial charge in [-0.1, -0.05) is 30.3 Å². The van der Waals surface area contributed by atoms with E-state index in [1.165, 1.54) is 0 Å². The zero-order chi connectivity index (χ0) is 14.4. The Kier molecular flexibility index (Phi) is 4.52. The molecule has 3 nitrogen and oxygen atoms in total. The highest BCUT2D eigenvalue weighted by Crippen LogP contribution is 2.21. The number of carbonyl (C=O) groups excluding carboxylic acids is 1. The van der Waals surface area contributed by atoms with Crippen molar-refractivity contribution < 1.29 is 9.53 Å². The van der Waals surface area contributed by atoms with Crippen LogP contribution in [-0.2, 0) is 0 Å². The molecule has 0 N–H and O–H groups in total. The quantitative estimate of drug-likeness (QED) is 0.776. The lowest BCUT2D eigenvalue weighted by molar-refractivity contribution is 0.0979. The van der Waals surface area contributed by atoms with Crippen molar-refractivity contribution >= 4 is 5.78 Å². The van der Waals surface area contributed by atoms with E-state index in [1.807, 2.05) is 30.3 Å². The number of hydrogen-bond acceptors (Lipinski definition) is 3. The molecule has 0 aromatic heterocycles. The standard InChI is InChI=1S/C17H15NO2/c1-20-16-9-7-14(8-10-16)17(19)11-15(12-18)13-5-3-2-4-6-13/h2-10,15H,11H2,1H3. The Labute approximate surface area is 118 Å². The van der Waals surface area contributed by atoms with Crippen molar-refractivity contribution in [1.82, 2.24) is 0 Å². The summed E-state index contributed by atoms with van der Waals surface area (Å²) in [6.45, 7) is 0. The van der Waals surface area contributed by atoms with Crippen LogP contribution in [0.3, 0.4) is 0 Å². The van der Waals surface area contributed by atoms with Crippen LogP contribution in [0.4, 0.5) is 0 Å². The van der Waals surface area contributed by atoms with Gasteiger partial charge in [0.1, 0.15) is 5.75 Å². The van der Waals surface area contributed by atoms with E-state index in [0.717, 1.165) is 5.56 Å². The fraction of sp³-hybridized carbons (Fsp3) is 0.176. The van der Waals surface area contributed by atoms with E-state index in [0.29, 0.717) is 11.3 Å². The monoisotopic (exact) mass is 265 g/mol. The Morgan fingerprint density at radius 3 is 2.35 bits per heavy atom. The van der Waals surface area contributed by atoms with Crippen molar-refractivity contribution in [3.8, 4) is 11.8 Å². The largest absolute Gasteiger partial charge is 0.497 e. The molecule has 0 aliphatic rings. The second kappa shape index (κ2) is 6.53. The zero-order valence-electron chi connectivity index (χ0n) is 11.2. The Bertz CT molecular complexity index is 612. The van der Waals surface area contributed by atoms with E-state index in [-0.39, 0.29) is 12.2 Å². The van der Waals surface area contributed by atoms with Crippen molar-refractivity contribution in [2.24, 2.45) is 0 Å². The molecular weight excluding hydrogens is 250 g/mol. The smallest absolute Gasteiger partial charge is 0.164 e. The molecular formula is C17H15NO2. The third kappa shape index (κ3) is 3.24. The van der Waals surface area contributed by atoms with Crippen LogP contribution in [0.25, 0.3) is 0 Å². The fourth-order valence-corrected chi connectivity index (χ4v) is 2.00. The Hall–Kier alpha value is -2.60. The van der Waals surface area contributed by atoms with Crippen LogP contribution in [0.15, 0.2) is 54.6 Å². The maximum atomic E-state index is 12.2. The predicted octanol–water partition coefficient (Wildman–Crippen LogP) is 3.58. The topological polar surface area (TPSA) is 50.1 Å². The number of methoxy groups -OCH3 is 1. The van der Waals surface area contributed by atoms with Crippen LogP contribution < -0.4 is 4.74 Å². The van der Waals surface area contributed by atoms with Gasteiger partial charge in [0.15, 0.2) is 5.78 Å². The van der Waals surface area contributed by atoms with Gasteiger partial charge in [0.05, 0.1) is 19.1 Å².